The van der Waals surface area contributed by atoms with Crippen LogP contribution in [0.5, 0.6) is 0 Å². The normalized spacial score (nSPS) is 11.6. The number of nitrogens with one attached hydrogen (secondary N) is 1. The lowest BCUT2D eigenvalue weighted by atomic mass is 9.86. The van der Waals surface area contributed by atoms with Crippen molar-refractivity contribution in [3.05, 3.63) is 0 Å². The summed E-state index contributed by atoms with van der Waals surface area (Å²) in [6, 6.07) is 0. The molecule has 32 heavy (non-hydrogen) atoms. The average Bonchev–Trinajstić information content (AvgIpc) is 2.79. The van der Waals surface area contributed by atoms with Gasteiger partial charge in [-0.05, 0) is 32.2 Å². The first kappa shape index (κ1) is 34.4. The first-order valence-electron chi connectivity index (χ1n) is 15.0. The third-order valence-electron chi connectivity index (χ3n) is 7.64. The van der Waals surface area contributed by atoms with Crippen LogP contribution in [0.25, 0.3) is 0 Å². The number of halogens is 1. The highest BCUT2D eigenvalue weighted by atomic mass is 35.5. The maximum Gasteiger partial charge on any atom is 0.0176 e. The number of rotatable bonds is 26. The van der Waals surface area contributed by atoms with Crippen LogP contribution in [-0.2, 0) is 0 Å². The fourth-order valence-electron chi connectivity index (χ4n) is 5.04. The van der Waals surface area contributed by atoms with Crippen LogP contribution in [0.2, 0.25) is 0 Å². The Morgan fingerprint density at radius 3 is 1.06 bits per heavy atom. The van der Waals surface area contributed by atoms with Gasteiger partial charge in [0.2, 0.25) is 0 Å². The quantitative estimate of drug-likeness (QED) is 0.123. The van der Waals surface area contributed by atoms with Gasteiger partial charge in [0.25, 0.3) is 0 Å². The van der Waals surface area contributed by atoms with E-state index in [1.807, 2.05) is 0 Å². The maximum atomic E-state index is 3.97. The minimum Gasteiger partial charge on any atom is -0.311 e. The molecule has 0 spiro atoms. The molecule has 0 aliphatic carbocycles. The predicted molar refractivity (Wildman–Crippen MR) is 151 cm³/mol. The summed E-state index contributed by atoms with van der Waals surface area (Å²) < 4.78 is 0. The van der Waals surface area contributed by atoms with Gasteiger partial charge in [0.05, 0.1) is 0 Å². The number of hydrogen-bond acceptors (Lipinski definition) is 1. The van der Waals surface area contributed by atoms with Gasteiger partial charge in [0, 0.05) is 5.54 Å². The van der Waals surface area contributed by atoms with E-state index in [2.05, 4.69) is 33.0 Å². The van der Waals surface area contributed by atoms with Crippen LogP contribution in [-0.4, -0.2) is 12.1 Å². The van der Waals surface area contributed by atoms with Gasteiger partial charge in [-0.25, -0.2) is 0 Å². The molecular weight excluding hydrogens is 410 g/mol. The molecule has 0 rings (SSSR count). The van der Waals surface area contributed by atoms with Crippen LogP contribution in [0.1, 0.15) is 182 Å². The van der Waals surface area contributed by atoms with Crippen LogP contribution in [0.3, 0.4) is 0 Å². The van der Waals surface area contributed by atoms with Crippen LogP contribution in [0.4, 0.5) is 0 Å². The molecule has 0 amide bonds. The van der Waals surface area contributed by atoms with Gasteiger partial charge in [0.1, 0.15) is 0 Å². The van der Waals surface area contributed by atoms with E-state index in [1.165, 1.54) is 161 Å². The van der Waals surface area contributed by atoms with Crippen LogP contribution in [0.15, 0.2) is 0 Å². The molecule has 0 radical (unpaired) electrons. The van der Waals surface area contributed by atoms with E-state index in [0.29, 0.717) is 5.54 Å². The van der Waals surface area contributed by atoms with E-state index >= 15 is 0 Å². The minimum atomic E-state index is 0. The van der Waals surface area contributed by atoms with Gasteiger partial charge < -0.3 is 5.32 Å². The molecule has 2 heteroatoms. The topological polar surface area (TPSA) is 12.0 Å². The Balaban J connectivity index is 0. The fourth-order valence-corrected chi connectivity index (χ4v) is 5.04. The Morgan fingerprint density at radius 2 is 0.719 bits per heavy atom. The van der Waals surface area contributed by atoms with E-state index in [9.17, 15) is 0 Å². The van der Waals surface area contributed by atoms with Crippen molar-refractivity contribution in [1.82, 2.24) is 5.32 Å². The molecule has 0 unspecified atom stereocenters. The summed E-state index contributed by atoms with van der Waals surface area (Å²) in [5, 5.41) is 3.97. The molecule has 0 aromatic rings. The minimum absolute atomic E-state index is 0. The highest BCUT2D eigenvalue weighted by Gasteiger charge is 2.24. The summed E-state index contributed by atoms with van der Waals surface area (Å²) in [4.78, 5) is 0. The second-order valence-corrected chi connectivity index (χ2v) is 10.4. The van der Waals surface area contributed by atoms with E-state index in [4.69, 9.17) is 0 Å². The summed E-state index contributed by atoms with van der Waals surface area (Å²) in [7, 11) is 0. The summed E-state index contributed by atoms with van der Waals surface area (Å²) in [5.41, 5.74) is 0.418. The van der Waals surface area contributed by atoms with Gasteiger partial charge in [-0.15, -0.1) is 12.4 Å². The Labute approximate surface area is 211 Å². The molecule has 1 N–H and O–H groups in total. The van der Waals surface area contributed by atoms with Crippen molar-refractivity contribution in [3.8, 4) is 0 Å². The highest BCUT2D eigenvalue weighted by Crippen LogP contribution is 2.23. The molecule has 0 aromatic carbocycles. The van der Waals surface area contributed by atoms with E-state index in [0.717, 1.165) is 0 Å². The summed E-state index contributed by atoms with van der Waals surface area (Å²) >= 11 is 0. The fraction of sp³-hybridized carbons (Fsp3) is 1.00. The van der Waals surface area contributed by atoms with E-state index in [-0.39, 0.29) is 12.4 Å². The van der Waals surface area contributed by atoms with Crippen molar-refractivity contribution in [2.24, 2.45) is 0 Å². The molecule has 196 valence electrons. The van der Waals surface area contributed by atoms with Gasteiger partial charge in [-0.3, -0.25) is 0 Å². The van der Waals surface area contributed by atoms with Crippen LogP contribution < -0.4 is 5.32 Å². The highest BCUT2D eigenvalue weighted by molar-refractivity contribution is 5.85. The summed E-state index contributed by atoms with van der Waals surface area (Å²) in [6.07, 6.45) is 34.2. The molecule has 0 bridgehead atoms. The standard InChI is InChI=1S/C30H63N.ClH/c1-5-9-11-13-14-15-16-17-18-19-20-21-22-23-25-27-29-31-30(7-3,8-4)28-26-24-12-10-6-2;/h31H,5-29H2,1-4H3;1H. The van der Waals surface area contributed by atoms with Gasteiger partial charge in [-0.2, -0.15) is 0 Å². The number of unbranched alkanes of at least 4 members (excludes halogenated alkanes) is 19. The van der Waals surface area contributed by atoms with E-state index < -0.39 is 0 Å². The van der Waals surface area contributed by atoms with Gasteiger partial charge >= 0.3 is 0 Å². The lowest BCUT2D eigenvalue weighted by molar-refractivity contribution is 0.268. The second-order valence-electron chi connectivity index (χ2n) is 10.4. The molecule has 0 atom stereocenters. The zero-order chi connectivity index (χ0) is 22.9. The zero-order valence-corrected chi connectivity index (χ0v) is 23.9. The third-order valence-corrected chi connectivity index (χ3v) is 7.64. The largest absolute Gasteiger partial charge is 0.311 e. The maximum absolute atomic E-state index is 3.97. The SMILES string of the molecule is CCCCCCCCCCCCCCCCCCNC(CC)(CC)CCCCCCC.Cl. The molecule has 0 aliphatic rings. The molecule has 1 nitrogen and oxygen atoms in total. The Hall–Kier alpha value is 0.250. The molecule has 0 aromatic heterocycles. The van der Waals surface area contributed by atoms with Gasteiger partial charge in [-0.1, -0.05) is 156 Å². The molecule has 0 fully saturated rings. The van der Waals surface area contributed by atoms with Gasteiger partial charge in [0.15, 0.2) is 0 Å². The average molecular weight is 474 g/mol. The second kappa shape index (κ2) is 27.5. The predicted octanol–water partition coefficient (Wildman–Crippen LogP) is 11.2. The lowest BCUT2D eigenvalue weighted by Gasteiger charge is -2.33. The zero-order valence-electron chi connectivity index (χ0n) is 23.1. The van der Waals surface area contributed by atoms with Crippen molar-refractivity contribution in [3.63, 3.8) is 0 Å². The summed E-state index contributed by atoms with van der Waals surface area (Å²) in [6.45, 7) is 10.6. The van der Waals surface area contributed by atoms with Crippen molar-refractivity contribution in [2.75, 3.05) is 6.54 Å². The smallest absolute Gasteiger partial charge is 0.0176 e. The van der Waals surface area contributed by atoms with E-state index in [1.54, 1.807) is 0 Å². The Bertz CT molecular complexity index is 327. The van der Waals surface area contributed by atoms with Crippen molar-refractivity contribution >= 4 is 12.4 Å². The van der Waals surface area contributed by atoms with Crippen molar-refractivity contribution in [1.29, 1.82) is 0 Å². The molecule has 0 heterocycles. The molecule has 0 saturated carbocycles. The first-order valence-corrected chi connectivity index (χ1v) is 15.0. The molecule has 0 aliphatic heterocycles. The Kier molecular flexibility index (Phi) is 29.6. The summed E-state index contributed by atoms with van der Waals surface area (Å²) in [5.74, 6) is 0. The molecular formula is C30H64ClN. The lowest BCUT2D eigenvalue weighted by Crippen LogP contribution is -2.44. The van der Waals surface area contributed by atoms with Crippen LogP contribution >= 0.6 is 12.4 Å². The van der Waals surface area contributed by atoms with Crippen LogP contribution in [0, 0.1) is 0 Å². The Morgan fingerprint density at radius 1 is 0.406 bits per heavy atom. The van der Waals surface area contributed by atoms with Crippen molar-refractivity contribution < 1.29 is 0 Å². The third kappa shape index (κ3) is 22.1. The number of hydrogen-bond donors (Lipinski definition) is 1. The first-order chi connectivity index (χ1) is 15.2. The molecule has 0 saturated heterocycles. The van der Waals surface area contributed by atoms with Crippen molar-refractivity contribution in [2.45, 2.75) is 187 Å². The monoisotopic (exact) mass is 473 g/mol.